The van der Waals surface area contributed by atoms with Crippen LogP contribution in [-0.4, -0.2) is 15.2 Å². The lowest BCUT2D eigenvalue weighted by atomic mass is 10.1. The number of nitrogens with one attached hydrogen (secondary N) is 2. The molecule has 0 saturated heterocycles. The highest BCUT2D eigenvalue weighted by Crippen LogP contribution is 2.32. The zero-order valence-electron chi connectivity index (χ0n) is 12.0. The van der Waals surface area contributed by atoms with E-state index in [0.717, 1.165) is 21.9 Å². The molecule has 0 spiro atoms. The van der Waals surface area contributed by atoms with E-state index in [9.17, 15) is 4.79 Å². The van der Waals surface area contributed by atoms with Gasteiger partial charge in [0, 0.05) is 16.3 Å². The molecule has 23 heavy (non-hydrogen) atoms. The van der Waals surface area contributed by atoms with Crippen LogP contribution in [0.3, 0.4) is 0 Å². The molecule has 0 aliphatic carbocycles. The molecule has 2 aromatic carbocycles. The van der Waals surface area contributed by atoms with E-state index in [2.05, 4.69) is 15.2 Å². The van der Waals surface area contributed by atoms with Crippen molar-refractivity contribution in [3.8, 4) is 11.5 Å². The van der Waals surface area contributed by atoms with Gasteiger partial charge in [0.15, 0.2) is 11.5 Å². The number of aromatic nitrogens is 3. The van der Waals surface area contributed by atoms with Gasteiger partial charge in [-0.25, -0.2) is 5.10 Å². The summed E-state index contributed by atoms with van der Waals surface area (Å²) in [7, 11) is 0. The highest BCUT2D eigenvalue weighted by atomic mass is 16.3. The molecule has 0 amide bonds. The van der Waals surface area contributed by atoms with Gasteiger partial charge in [0.25, 0.3) is 5.56 Å². The Morgan fingerprint density at radius 1 is 1.00 bits per heavy atom. The topological polar surface area (TPSA) is 74.7 Å². The molecule has 5 heteroatoms. The number of H-pyrrole nitrogens is 2. The smallest absolute Gasteiger partial charge is 0.274 e. The fourth-order valence-corrected chi connectivity index (χ4v) is 3.05. The fraction of sp³-hybridized carbons (Fsp3) is 0. The summed E-state index contributed by atoms with van der Waals surface area (Å²) in [5, 5.41) is 9.26. The quantitative estimate of drug-likeness (QED) is 0.494. The van der Waals surface area contributed by atoms with Crippen molar-refractivity contribution in [2.24, 2.45) is 0 Å². The molecule has 0 fully saturated rings. The zero-order chi connectivity index (χ0) is 15.4. The van der Waals surface area contributed by atoms with Crippen LogP contribution in [0, 0.1) is 0 Å². The van der Waals surface area contributed by atoms with Crippen molar-refractivity contribution in [3.63, 3.8) is 0 Å². The maximum Gasteiger partial charge on any atom is 0.274 e. The number of rotatable bonds is 1. The molecule has 0 aliphatic heterocycles. The number of fused-ring (bicyclic) bond motifs is 4. The van der Waals surface area contributed by atoms with Crippen molar-refractivity contribution in [2.75, 3.05) is 0 Å². The Morgan fingerprint density at radius 2 is 1.83 bits per heavy atom. The van der Waals surface area contributed by atoms with Gasteiger partial charge in [-0.15, -0.1) is 0 Å². The monoisotopic (exact) mass is 301 g/mol. The fourth-order valence-electron chi connectivity index (χ4n) is 3.05. The lowest BCUT2D eigenvalue weighted by Crippen LogP contribution is -2.08. The summed E-state index contributed by atoms with van der Waals surface area (Å²) in [6.07, 6.45) is 0. The Kier molecular flexibility index (Phi) is 2.30. The van der Waals surface area contributed by atoms with Crippen LogP contribution in [0.15, 0.2) is 63.8 Å². The van der Waals surface area contributed by atoms with Crippen LogP contribution in [0.4, 0.5) is 0 Å². The number of furan rings is 1. The maximum atomic E-state index is 12.2. The summed E-state index contributed by atoms with van der Waals surface area (Å²) in [6, 6.07) is 17.4. The Labute approximate surface area is 129 Å². The van der Waals surface area contributed by atoms with Crippen molar-refractivity contribution in [1.29, 1.82) is 0 Å². The molecule has 2 N–H and O–H groups in total. The molecule has 5 rings (SSSR count). The Hall–Kier alpha value is -3.34. The van der Waals surface area contributed by atoms with Gasteiger partial charge in [0.05, 0.1) is 10.9 Å². The SMILES string of the molecule is O=c1[nH]nc(-c2cc3ccccc3o2)c2[nH]c3ccccc3c12. The van der Waals surface area contributed by atoms with Crippen molar-refractivity contribution >= 4 is 32.8 Å². The van der Waals surface area contributed by atoms with Crippen LogP contribution >= 0.6 is 0 Å². The van der Waals surface area contributed by atoms with Crippen molar-refractivity contribution < 1.29 is 4.42 Å². The molecule has 0 saturated carbocycles. The van der Waals surface area contributed by atoms with Crippen molar-refractivity contribution in [2.45, 2.75) is 0 Å². The van der Waals surface area contributed by atoms with Gasteiger partial charge in [0.2, 0.25) is 0 Å². The second kappa shape index (κ2) is 4.33. The van der Waals surface area contributed by atoms with E-state index >= 15 is 0 Å². The van der Waals surface area contributed by atoms with E-state index in [4.69, 9.17) is 4.42 Å². The molecular formula is C18H11N3O2. The van der Waals surface area contributed by atoms with Crippen molar-refractivity contribution in [3.05, 3.63) is 65.0 Å². The van der Waals surface area contributed by atoms with Crippen LogP contribution in [0.5, 0.6) is 0 Å². The summed E-state index contributed by atoms with van der Waals surface area (Å²) in [6.45, 7) is 0. The molecule has 0 unspecified atom stereocenters. The van der Waals surface area contributed by atoms with Gasteiger partial charge < -0.3 is 9.40 Å². The summed E-state index contributed by atoms with van der Waals surface area (Å²) >= 11 is 0. The van der Waals surface area contributed by atoms with Crippen LogP contribution in [0.25, 0.3) is 44.2 Å². The number of nitrogens with zero attached hydrogens (tertiary/aromatic N) is 1. The number of para-hydroxylation sites is 2. The van der Waals surface area contributed by atoms with Crippen LogP contribution < -0.4 is 5.56 Å². The average molecular weight is 301 g/mol. The predicted molar refractivity (Wildman–Crippen MR) is 89.4 cm³/mol. The zero-order valence-corrected chi connectivity index (χ0v) is 12.0. The van der Waals surface area contributed by atoms with E-state index in [1.165, 1.54) is 0 Å². The standard InChI is InChI=1S/C18H11N3O2/c22-18-15-11-6-2-3-7-12(11)19-17(15)16(20-21-18)14-9-10-5-1-4-8-13(10)23-14/h1-9,19H,(H,21,22). The molecule has 3 aromatic heterocycles. The van der Waals surface area contributed by atoms with Gasteiger partial charge in [0.1, 0.15) is 5.58 Å². The molecule has 0 radical (unpaired) electrons. The Balaban J connectivity index is 1.91. The summed E-state index contributed by atoms with van der Waals surface area (Å²) in [4.78, 5) is 15.5. The van der Waals surface area contributed by atoms with Crippen LogP contribution in [0.2, 0.25) is 0 Å². The molecule has 0 aliphatic rings. The second-order valence-electron chi connectivity index (χ2n) is 5.47. The third-order valence-electron chi connectivity index (χ3n) is 4.10. The number of hydrogen-bond acceptors (Lipinski definition) is 3. The summed E-state index contributed by atoms with van der Waals surface area (Å²) < 4.78 is 5.89. The first-order valence-corrected chi connectivity index (χ1v) is 7.29. The number of aromatic amines is 2. The summed E-state index contributed by atoms with van der Waals surface area (Å²) in [5.41, 5.74) is 2.77. The number of benzene rings is 2. The van der Waals surface area contributed by atoms with E-state index in [0.29, 0.717) is 22.4 Å². The van der Waals surface area contributed by atoms with E-state index < -0.39 is 0 Å². The highest BCUT2D eigenvalue weighted by molar-refractivity contribution is 6.10. The molecule has 0 bridgehead atoms. The minimum Gasteiger partial charge on any atom is -0.454 e. The third-order valence-corrected chi connectivity index (χ3v) is 4.10. The average Bonchev–Trinajstić information content (AvgIpc) is 3.16. The van der Waals surface area contributed by atoms with E-state index in [-0.39, 0.29) is 5.56 Å². The van der Waals surface area contributed by atoms with Gasteiger partial charge in [-0.1, -0.05) is 36.4 Å². The van der Waals surface area contributed by atoms with Gasteiger partial charge in [-0.05, 0) is 18.2 Å². The summed E-state index contributed by atoms with van der Waals surface area (Å²) in [5.74, 6) is 0.624. The Bertz CT molecular complexity index is 1210. The molecule has 110 valence electrons. The van der Waals surface area contributed by atoms with E-state index in [1.807, 2.05) is 54.6 Å². The first-order valence-electron chi connectivity index (χ1n) is 7.29. The van der Waals surface area contributed by atoms with E-state index in [1.54, 1.807) is 0 Å². The normalized spacial score (nSPS) is 11.7. The first-order chi connectivity index (χ1) is 11.3. The molecular weight excluding hydrogens is 290 g/mol. The van der Waals surface area contributed by atoms with Gasteiger partial charge in [-0.2, -0.15) is 5.10 Å². The molecule has 0 atom stereocenters. The first kappa shape index (κ1) is 12.2. The minimum atomic E-state index is -0.211. The minimum absolute atomic E-state index is 0.211. The molecule has 3 heterocycles. The predicted octanol–water partition coefficient (Wildman–Crippen LogP) is 3.82. The largest absolute Gasteiger partial charge is 0.454 e. The van der Waals surface area contributed by atoms with Gasteiger partial charge in [-0.3, -0.25) is 4.79 Å². The lowest BCUT2D eigenvalue weighted by molar-refractivity contribution is 0.627. The molecule has 5 aromatic rings. The van der Waals surface area contributed by atoms with Crippen LogP contribution in [0.1, 0.15) is 0 Å². The number of hydrogen-bond donors (Lipinski definition) is 2. The lowest BCUT2D eigenvalue weighted by Gasteiger charge is -1.97. The van der Waals surface area contributed by atoms with Crippen molar-refractivity contribution in [1.82, 2.24) is 15.2 Å². The second-order valence-corrected chi connectivity index (χ2v) is 5.47. The molecule has 5 nitrogen and oxygen atoms in total. The Morgan fingerprint density at radius 3 is 2.74 bits per heavy atom. The van der Waals surface area contributed by atoms with Crippen LogP contribution in [-0.2, 0) is 0 Å². The van der Waals surface area contributed by atoms with Gasteiger partial charge >= 0.3 is 0 Å². The highest BCUT2D eigenvalue weighted by Gasteiger charge is 2.17. The maximum absolute atomic E-state index is 12.2. The third kappa shape index (κ3) is 1.67.